The summed E-state index contributed by atoms with van der Waals surface area (Å²) >= 11 is 0. The Morgan fingerprint density at radius 1 is 1.17 bits per heavy atom. The van der Waals surface area contributed by atoms with Crippen molar-refractivity contribution in [2.45, 2.75) is 38.8 Å². The standard InChI is InChI=1S/C22H27N5O2/c1-17-8-5-6-14-25(17)15-13-23-20(28)16-26-19-11-7-12-24-21(19)27(22(26)29)18-9-3-2-4-10-18/h2-4,7,9-12,17H,5-6,8,13-16H2,1H3,(H,23,28). The van der Waals surface area contributed by atoms with Gasteiger partial charge in [0.05, 0.1) is 11.2 Å². The number of piperidine rings is 1. The highest BCUT2D eigenvalue weighted by Crippen LogP contribution is 2.16. The molecule has 7 heteroatoms. The zero-order valence-corrected chi connectivity index (χ0v) is 16.8. The molecule has 0 aliphatic carbocycles. The lowest BCUT2D eigenvalue weighted by atomic mass is 10.0. The van der Waals surface area contributed by atoms with Gasteiger partial charge in [0.25, 0.3) is 0 Å². The summed E-state index contributed by atoms with van der Waals surface area (Å²) in [5, 5.41) is 2.97. The predicted molar refractivity (Wildman–Crippen MR) is 113 cm³/mol. The highest BCUT2D eigenvalue weighted by Gasteiger charge is 2.19. The third-order valence-corrected chi connectivity index (χ3v) is 5.67. The number of likely N-dealkylation sites (tertiary alicyclic amines) is 1. The average molecular weight is 393 g/mol. The number of nitrogens with one attached hydrogen (secondary N) is 1. The van der Waals surface area contributed by atoms with E-state index >= 15 is 0 Å². The molecule has 1 unspecified atom stereocenters. The Bertz CT molecular complexity index is 1040. The highest BCUT2D eigenvalue weighted by atomic mass is 16.2. The van der Waals surface area contributed by atoms with Crippen LogP contribution in [0.25, 0.3) is 16.9 Å². The fourth-order valence-corrected chi connectivity index (χ4v) is 4.08. The minimum Gasteiger partial charge on any atom is -0.353 e. The molecule has 4 rings (SSSR count). The Labute approximate surface area is 170 Å². The van der Waals surface area contributed by atoms with Gasteiger partial charge in [-0.15, -0.1) is 0 Å². The molecular formula is C22H27N5O2. The first kappa shape index (κ1) is 19.4. The molecule has 0 bridgehead atoms. The minimum absolute atomic E-state index is 0.0174. The van der Waals surface area contributed by atoms with E-state index in [4.69, 9.17) is 0 Å². The van der Waals surface area contributed by atoms with Crippen LogP contribution in [-0.4, -0.2) is 50.6 Å². The zero-order valence-electron chi connectivity index (χ0n) is 16.8. The largest absolute Gasteiger partial charge is 0.353 e. The first-order valence-corrected chi connectivity index (χ1v) is 10.3. The maximum absolute atomic E-state index is 13.1. The van der Waals surface area contributed by atoms with Gasteiger partial charge in [0.15, 0.2) is 5.65 Å². The molecule has 0 spiro atoms. The van der Waals surface area contributed by atoms with E-state index in [9.17, 15) is 9.59 Å². The molecule has 0 radical (unpaired) electrons. The fraction of sp³-hybridized carbons (Fsp3) is 0.409. The SMILES string of the molecule is CC1CCCCN1CCNC(=O)Cn1c(=O)n(-c2ccccc2)c2ncccc21. The first-order valence-electron chi connectivity index (χ1n) is 10.3. The van der Waals surface area contributed by atoms with Crippen LogP contribution < -0.4 is 11.0 Å². The van der Waals surface area contributed by atoms with Crippen LogP contribution in [-0.2, 0) is 11.3 Å². The van der Waals surface area contributed by atoms with E-state index in [1.807, 2.05) is 36.4 Å². The number of benzene rings is 1. The number of carbonyl (C=O) groups is 1. The maximum Gasteiger partial charge on any atom is 0.335 e. The van der Waals surface area contributed by atoms with Gasteiger partial charge in [-0.1, -0.05) is 24.6 Å². The van der Waals surface area contributed by atoms with Gasteiger partial charge in [-0.2, -0.15) is 0 Å². The van der Waals surface area contributed by atoms with Crippen LogP contribution in [0.15, 0.2) is 53.5 Å². The number of hydrogen-bond donors (Lipinski definition) is 1. The zero-order chi connectivity index (χ0) is 20.2. The van der Waals surface area contributed by atoms with Gasteiger partial charge in [0, 0.05) is 25.3 Å². The Hall–Kier alpha value is -2.93. The number of nitrogens with zero attached hydrogens (tertiary/aromatic N) is 4. The maximum atomic E-state index is 13.1. The fourth-order valence-electron chi connectivity index (χ4n) is 4.08. The lowest BCUT2D eigenvalue weighted by molar-refractivity contribution is -0.121. The average Bonchev–Trinajstić information content (AvgIpc) is 3.02. The van der Waals surface area contributed by atoms with E-state index in [-0.39, 0.29) is 18.1 Å². The molecule has 3 aromatic rings. The molecule has 7 nitrogen and oxygen atoms in total. The number of amides is 1. The molecule has 1 atom stereocenters. The Morgan fingerprint density at radius 2 is 2.00 bits per heavy atom. The smallest absolute Gasteiger partial charge is 0.335 e. The number of carbonyl (C=O) groups excluding carboxylic acids is 1. The molecule has 1 fully saturated rings. The number of rotatable bonds is 6. The second-order valence-electron chi connectivity index (χ2n) is 7.62. The first-order chi connectivity index (χ1) is 14.1. The minimum atomic E-state index is -0.260. The van der Waals surface area contributed by atoms with Crippen molar-refractivity contribution in [1.82, 2.24) is 24.3 Å². The molecule has 0 saturated carbocycles. The number of hydrogen-bond acceptors (Lipinski definition) is 4. The molecule has 1 N–H and O–H groups in total. The lowest BCUT2D eigenvalue weighted by Gasteiger charge is -2.33. The molecule has 1 amide bonds. The number of imidazole rings is 1. The number of para-hydroxylation sites is 1. The highest BCUT2D eigenvalue weighted by molar-refractivity contribution is 5.80. The number of pyridine rings is 1. The third-order valence-electron chi connectivity index (χ3n) is 5.67. The molecular weight excluding hydrogens is 366 g/mol. The Balaban J connectivity index is 1.50. The van der Waals surface area contributed by atoms with Gasteiger partial charge >= 0.3 is 5.69 Å². The van der Waals surface area contributed by atoms with Crippen LogP contribution in [0.1, 0.15) is 26.2 Å². The molecule has 152 valence electrons. The summed E-state index contributed by atoms with van der Waals surface area (Å²) in [5.41, 5.74) is 1.68. The van der Waals surface area contributed by atoms with E-state index in [1.165, 1.54) is 23.8 Å². The van der Waals surface area contributed by atoms with E-state index in [2.05, 4.69) is 22.1 Å². The van der Waals surface area contributed by atoms with E-state index in [1.54, 1.807) is 16.8 Å². The Kier molecular flexibility index (Phi) is 5.76. The number of aromatic nitrogens is 3. The molecule has 29 heavy (non-hydrogen) atoms. The third kappa shape index (κ3) is 4.10. The molecule has 2 aromatic heterocycles. The summed E-state index contributed by atoms with van der Waals surface area (Å²) in [6, 6.07) is 13.6. The van der Waals surface area contributed by atoms with Crippen LogP contribution in [0, 0.1) is 0 Å². The molecule has 1 aliphatic heterocycles. The van der Waals surface area contributed by atoms with Gasteiger partial charge in [0.1, 0.15) is 6.54 Å². The van der Waals surface area contributed by atoms with Crippen molar-refractivity contribution in [3.63, 3.8) is 0 Å². The normalized spacial score (nSPS) is 17.5. The summed E-state index contributed by atoms with van der Waals surface area (Å²) in [4.78, 5) is 32.4. The van der Waals surface area contributed by atoms with E-state index in [0.717, 1.165) is 18.8 Å². The van der Waals surface area contributed by atoms with Crippen molar-refractivity contribution in [3.8, 4) is 5.69 Å². The second-order valence-corrected chi connectivity index (χ2v) is 7.62. The second kappa shape index (κ2) is 8.61. The molecule has 1 aliphatic rings. The summed E-state index contributed by atoms with van der Waals surface area (Å²) in [7, 11) is 0. The van der Waals surface area contributed by atoms with Gasteiger partial charge in [0.2, 0.25) is 5.91 Å². The summed E-state index contributed by atoms with van der Waals surface area (Å²) in [6.45, 7) is 4.75. The van der Waals surface area contributed by atoms with Crippen LogP contribution >= 0.6 is 0 Å². The van der Waals surface area contributed by atoms with Crippen molar-refractivity contribution in [1.29, 1.82) is 0 Å². The van der Waals surface area contributed by atoms with Crippen molar-refractivity contribution in [3.05, 3.63) is 59.1 Å². The van der Waals surface area contributed by atoms with Crippen molar-refractivity contribution in [2.24, 2.45) is 0 Å². The molecule has 1 aromatic carbocycles. The Morgan fingerprint density at radius 3 is 2.79 bits per heavy atom. The van der Waals surface area contributed by atoms with Gasteiger partial charge in [-0.25, -0.2) is 14.3 Å². The van der Waals surface area contributed by atoms with Gasteiger partial charge < -0.3 is 5.32 Å². The van der Waals surface area contributed by atoms with Crippen molar-refractivity contribution < 1.29 is 4.79 Å². The summed E-state index contributed by atoms with van der Waals surface area (Å²) in [6.07, 6.45) is 5.38. The predicted octanol–water partition coefficient (Wildman–Crippen LogP) is 2.18. The summed E-state index contributed by atoms with van der Waals surface area (Å²) in [5.74, 6) is -0.160. The van der Waals surface area contributed by atoms with E-state index < -0.39 is 0 Å². The van der Waals surface area contributed by atoms with Crippen molar-refractivity contribution >= 4 is 17.1 Å². The van der Waals surface area contributed by atoms with Crippen LogP contribution in [0.2, 0.25) is 0 Å². The molecule has 3 heterocycles. The number of fused-ring (bicyclic) bond motifs is 1. The lowest BCUT2D eigenvalue weighted by Crippen LogP contribution is -2.43. The van der Waals surface area contributed by atoms with Crippen molar-refractivity contribution in [2.75, 3.05) is 19.6 Å². The monoisotopic (exact) mass is 393 g/mol. The van der Waals surface area contributed by atoms with Gasteiger partial charge in [-0.05, 0) is 50.6 Å². The summed E-state index contributed by atoms with van der Waals surface area (Å²) < 4.78 is 3.05. The van der Waals surface area contributed by atoms with E-state index in [0.29, 0.717) is 23.8 Å². The van der Waals surface area contributed by atoms with Gasteiger partial charge in [-0.3, -0.25) is 14.3 Å². The van der Waals surface area contributed by atoms with Crippen LogP contribution in [0.3, 0.4) is 0 Å². The van der Waals surface area contributed by atoms with Crippen LogP contribution in [0.5, 0.6) is 0 Å². The topological polar surface area (TPSA) is 72.2 Å². The molecule has 1 saturated heterocycles. The van der Waals surface area contributed by atoms with Crippen LogP contribution in [0.4, 0.5) is 0 Å². The quantitative estimate of drug-likeness (QED) is 0.697.